The summed E-state index contributed by atoms with van der Waals surface area (Å²) in [5.74, 6) is 0. The molecule has 0 unspecified atom stereocenters. The Morgan fingerprint density at radius 2 is 1.02 bits per heavy atom. The molecule has 0 saturated carbocycles. The maximum atomic E-state index is 6.20. The number of hydrogen-bond acceptors (Lipinski definition) is 2. The number of nitrogens with one attached hydrogen (secondary N) is 1. The van der Waals surface area contributed by atoms with Crippen LogP contribution >= 0.6 is 0 Å². The molecule has 0 spiro atoms. The van der Waals surface area contributed by atoms with E-state index in [-0.39, 0.29) is 0 Å². The number of fused-ring (bicyclic) bond motifs is 6. The molecule has 0 aliphatic carbocycles. The van der Waals surface area contributed by atoms with Gasteiger partial charge in [-0.1, -0.05) is 121 Å². The summed E-state index contributed by atoms with van der Waals surface area (Å²) in [6.07, 6.45) is 0. The molecule has 2 heterocycles. The lowest BCUT2D eigenvalue weighted by atomic mass is 9.96. The van der Waals surface area contributed by atoms with Crippen molar-refractivity contribution in [2.24, 2.45) is 0 Å². The van der Waals surface area contributed by atoms with E-state index in [1.807, 2.05) is 12.1 Å². The number of benzene rings is 8. The average molecular weight is 653 g/mol. The van der Waals surface area contributed by atoms with E-state index < -0.39 is 0 Å². The molecule has 8 aromatic carbocycles. The lowest BCUT2D eigenvalue weighted by Gasteiger charge is -2.15. The van der Waals surface area contributed by atoms with Gasteiger partial charge in [-0.05, 0) is 88.5 Å². The third kappa shape index (κ3) is 5.06. The van der Waals surface area contributed by atoms with Crippen molar-refractivity contribution in [1.29, 1.82) is 0 Å². The second-order valence-electron chi connectivity index (χ2n) is 13.1. The lowest BCUT2D eigenvalue weighted by molar-refractivity contribution is 0.669. The average Bonchev–Trinajstić information content (AvgIpc) is 3.74. The van der Waals surface area contributed by atoms with Crippen LogP contribution in [0.1, 0.15) is 0 Å². The van der Waals surface area contributed by atoms with Crippen molar-refractivity contribution in [2.45, 2.75) is 0 Å². The van der Waals surface area contributed by atoms with Gasteiger partial charge < -0.3 is 14.3 Å². The fraction of sp³-hybridized carbons (Fsp3) is 0. The maximum absolute atomic E-state index is 6.20. The predicted molar refractivity (Wildman–Crippen MR) is 214 cm³/mol. The number of para-hydroxylation sites is 2. The molecule has 2 aromatic heterocycles. The molecule has 0 saturated heterocycles. The molecule has 0 fully saturated rings. The van der Waals surface area contributed by atoms with E-state index in [2.05, 4.69) is 186 Å². The monoisotopic (exact) mass is 652 g/mol. The molecule has 0 bridgehead atoms. The SMILES string of the molecule is c1ccc(-c2cccc(-n3c4ccccc4c4cc(-c5ccc(Nc6ccc7c(c6)oc6ccccc67)c(-c6ccccc6)c5)ccc43)c2)cc1. The number of furan rings is 1. The molecule has 0 aliphatic rings. The molecule has 0 aliphatic heterocycles. The van der Waals surface area contributed by atoms with Crippen LogP contribution in [0.15, 0.2) is 192 Å². The molecule has 0 radical (unpaired) electrons. The Labute approximate surface area is 295 Å². The summed E-state index contributed by atoms with van der Waals surface area (Å²) in [6.45, 7) is 0. The third-order valence-corrected chi connectivity index (χ3v) is 9.98. The van der Waals surface area contributed by atoms with Crippen molar-refractivity contribution in [1.82, 2.24) is 4.57 Å². The highest BCUT2D eigenvalue weighted by atomic mass is 16.3. The molecule has 1 N–H and O–H groups in total. The fourth-order valence-corrected chi connectivity index (χ4v) is 7.53. The zero-order valence-corrected chi connectivity index (χ0v) is 27.8. The molecule has 0 atom stereocenters. The Balaban J connectivity index is 1.07. The molecule has 10 aromatic rings. The zero-order valence-electron chi connectivity index (χ0n) is 27.8. The number of nitrogens with zero attached hydrogens (tertiary/aromatic N) is 1. The van der Waals surface area contributed by atoms with Crippen LogP contribution in [0.5, 0.6) is 0 Å². The van der Waals surface area contributed by atoms with Gasteiger partial charge in [-0.2, -0.15) is 0 Å². The maximum Gasteiger partial charge on any atom is 0.137 e. The molecular weight excluding hydrogens is 621 g/mol. The summed E-state index contributed by atoms with van der Waals surface area (Å²) < 4.78 is 8.59. The van der Waals surface area contributed by atoms with Gasteiger partial charge >= 0.3 is 0 Å². The Morgan fingerprint density at radius 3 is 1.88 bits per heavy atom. The van der Waals surface area contributed by atoms with Crippen LogP contribution < -0.4 is 5.32 Å². The zero-order chi connectivity index (χ0) is 33.7. The second kappa shape index (κ2) is 11.9. The summed E-state index contributed by atoms with van der Waals surface area (Å²) in [4.78, 5) is 0. The van der Waals surface area contributed by atoms with Crippen LogP contribution in [0.4, 0.5) is 11.4 Å². The van der Waals surface area contributed by atoms with Crippen molar-refractivity contribution in [2.75, 3.05) is 5.32 Å². The smallest absolute Gasteiger partial charge is 0.137 e. The first kappa shape index (κ1) is 29.1. The van der Waals surface area contributed by atoms with E-state index in [4.69, 9.17) is 4.42 Å². The van der Waals surface area contributed by atoms with Crippen LogP contribution in [0.3, 0.4) is 0 Å². The minimum Gasteiger partial charge on any atom is -0.456 e. The molecule has 51 heavy (non-hydrogen) atoms. The Hall–Kier alpha value is -6.84. The van der Waals surface area contributed by atoms with E-state index >= 15 is 0 Å². The van der Waals surface area contributed by atoms with Crippen molar-refractivity contribution in [3.05, 3.63) is 188 Å². The van der Waals surface area contributed by atoms with Gasteiger partial charge in [-0.15, -0.1) is 0 Å². The number of aromatic nitrogens is 1. The quantitative estimate of drug-likeness (QED) is 0.194. The minimum atomic E-state index is 0.873. The van der Waals surface area contributed by atoms with Crippen molar-refractivity contribution < 1.29 is 4.42 Å². The van der Waals surface area contributed by atoms with Gasteiger partial charge in [0, 0.05) is 50.2 Å². The molecule has 0 amide bonds. The summed E-state index contributed by atoms with van der Waals surface area (Å²) in [6, 6.07) is 66.9. The third-order valence-electron chi connectivity index (χ3n) is 9.98. The topological polar surface area (TPSA) is 30.1 Å². The van der Waals surface area contributed by atoms with Gasteiger partial charge in [0.05, 0.1) is 11.0 Å². The normalized spacial score (nSPS) is 11.5. The summed E-state index contributed by atoms with van der Waals surface area (Å²) in [5, 5.41) is 8.44. The summed E-state index contributed by atoms with van der Waals surface area (Å²) in [7, 11) is 0. The number of anilines is 2. The molecule has 240 valence electrons. The van der Waals surface area contributed by atoms with Crippen LogP contribution in [-0.2, 0) is 0 Å². The van der Waals surface area contributed by atoms with E-state index in [1.54, 1.807) is 0 Å². The van der Waals surface area contributed by atoms with E-state index in [1.165, 1.54) is 38.5 Å². The van der Waals surface area contributed by atoms with Crippen molar-refractivity contribution in [3.63, 3.8) is 0 Å². The van der Waals surface area contributed by atoms with Crippen LogP contribution in [0, 0.1) is 0 Å². The Kier molecular flexibility index (Phi) is 6.81. The van der Waals surface area contributed by atoms with Gasteiger partial charge in [0.1, 0.15) is 11.2 Å². The minimum absolute atomic E-state index is 0.873. The first-order chi connectivity index (χ1) is 25.3. The second-order valence-corrected chi connectivity index (χ2v) is 13.1. The largest absolute Gasteiger partial charge is 0.456 e. The summed E-state index contributed by atoms with van der Waals surface area (Å²) in [5.41, 5.74) is 14.4. The van der Waals surface area contributed by atoms with Crippen molar-refractivity contribution in [3.8, 4) is 39.1 Å². The fourth-order valence-electron chi connectivity index (χ4n) is 7.53. The predicted octanol–water partition coefficient (Wildman–Crippen LogP) is 13.4. The van der Waals surface area contributed by atoms with E-state index in [0.29, 0.717) is 0 Å². The van der Waals surface area contributed by atoms with Crippen LogP contribution in [0.2, 0.25) is 0 Å². The number of rotatable bonds is 6. The lowest BCUT2D eigenvalue weighted by Crippen LogP contribution is -1.95. The van der Waals surface area contributed by atoms with Gasteiger partial charge in [-0.25, -0.2) is 0 Å². The molecule has 3 nitrogen and oxygen atoms in total. The first-order valence-corrected chi connectivity index (χ1v) is 17.3. The van der Waals surface area contributed by atoms with Gasteiger partial charge in [0.25, 0.3) is 0 Å². The van der Waals surface area contributed by atoms with Gasteiger partial charge in [-0.3, -0.25) is 0 Å². The van der Waals surface area contributed by atoms with E-state index in [0.717, 1.165) is 55.7 Å². The Bertz CT molecular complexity index is 2880. The standard InChI is InChI=1S/C48H32N2O/c1-3-12-32(13-4-1)34-16-11-17-38(28-34)50-45-20-9-7-18-39(45)43-30-36(23-27-46(43)50)35-22-26-44(42(29-35)33-14-5-2-6-15-33)49-37-24-25-41-40-19-8-10-21-47(40)51-48(41)31-37/h1-31,49H. The highest BCUT2D eigenvalue weighted by Crippen LogP contribution is 2.39. The van der Waals surface area contributed by atoms with Crippen LogP contribution in [-0.4, -0.2) is 4.57 Å². The summed E-state index contributed by atoms with van der Waals surface area (Å²) >= 11 is 0. The van der Waals surface area contributed by atoms with Crippen LogP contribution in [0.25, 0.3) is 82.8 Å². The molecular formula is C48H32N2O. The number of hydrogen-bond donors (Lipinski definition) is 1. The van der Waals surface area contributed by atoms with Gasteiger partial charge in [0.2, 0.25) is 0 Å². The first-order valence-electron chi connectivity index (χ1n) is 17.3. The Morgan fingerprint density at radius 1 is 0.373 bits per heavy atom. The highest BCUT2D eigenvalue weighted by Gasteiger charge is 2.16. The van der Waals surface area contributed by atoms with Gasteiger partial charge in [0.15, 0.2) is 0 Å². The van der Waals surface area contributed by atoms with Crippen molar-refractivity contribution >= 4 is 55.1 Å². The van der Waals surface area contributed by atoms with E-state index in [9.17, 15) is 0 Å². The highest BCUT2D eigenvalue weighted by molar-refractivity contribution is 6.11. The molecule has 3 heteroatoms. The molecule has 10 rings (SSSR count).